The van der Waals surface area contributed by atoms with Crippen LogP contribution in [-0.4, -0.2) is 24.6 Å². The SMILES string of the molecule is CCOC(C)(OCC)[C@](C)([O-])C#N. The molecule has 0 fully saturated rings. The van der Waals surface area contributed by atoms with E-state index < -0.39 is 11.4 Å². The van der Waals surface area contributed by atoms with Crippen molar-refractivity contribution in [1.82, 2.24) is 0 Å². The summed E-state index contributed by atoms with van der Waals surface area (Å²) in [4.78, 5) is 0. The molecule has 0 rings (SSSR count). The third-order valence-corrected chi connectivity index (χ3v) is 1.92. The Hall–Kier alpha value is -0.630. The molecule has 0 aliphatic heterocycles. The van der Waals surface area contributed by atoms with Gasteiger partial charge in [0.25, 0.3) is 0 Å². The molecule has 0 saturated heterocycles. The van der Waals surface area contributed by atoms with Crippen LogP contribution in [0.25, 0.3) is 0 Å². The molecule has 0 aliphatic rings. The zero-order valence-electron chi connectivity index (χ0n) is 8.59. The van der Waals surface area contributed by atoms with E-state index in [2.05, 4.69) is 0 Å². The van der Waals surface area contributed by atoms with E-state index in [-0.39, 0.29) is 0 Å². The molecule has 0 heterocycles. The molecule has 0 unspecified atom stereocenters. The highest BCUT2D eigenvalue weighted by Crippen LogP contribution is 2.24. The van der Waals surface area contributed by atoms with E-state index in [1.165, 1.54) is 13.8 Å². The molecule has 0 aromatic rings. The van der Waals surface area contributed by atoms with Gasteiger partial charge in [0.05, 0.1) is 6.07 Å². The van der Waals surface area contributed by atoms with E-state index in [4.69, 9.17) is 14.7 Å². The molecular weight excluding hydrogens is 170 g/mol. The van der Waals surface area contributed by atoms with E-state index in [0.29, 0.717) is 13.2 Å². The van der Waals surface area contributed by atoms with Crippen molar-refractivity contribution in [3.63, 3.8) is 0 Å². The molecule has 4 heteroatoms. The molecule has 0 bridgehead atoms. The molecule has 0 aromatic carbocycles. The fourth-order valence-corrected chi connectivity index (χ4v) is 0.970. The van der Waals surface area contributed by atoms with Crippen LogP contribution < -0.4 is 5.11 Å². The molecule has 1 atom stereocenters. The lowest BCUT2D eigenvalue weighted by Gasteiger charge is -2.45. The maximum atomic E-state index is 11.7. The molecule has 0 saturated carbocycles. The average Bonchev–Trinajstić information content (AvgIpc) is 2.05. The van der Waals surface area contributed by atoms with Crippen LogP contribution in [0.5, 0.6) is 0 Å². The van der Waals surface area contributed by atoms with E-state index in [1.807, 2.05) is 0 Å². The summed E-state index contributed by atoms with van der Waals surface area (Å²) in [6, 6.07) is 1.65. The summed E-state index contributed by atoms with van der Waals surface area (Å²) in [5.74, 6) is -1.37. The van der Waals surface area contributed by atoms with Gasteiger partial charge in [-0.2, -0.15) is 5.26 Å². The Morgan fingerprint density at radius 1 is 1.23 bits per heavy atom. The highest BCUT2D eigenvalue weighted by atomic mass is 16.7. The van der Waals surface area contributed by atoms with Gasteiger partial charge in [-0.05, 0) is 20.8 Å². The van der Waals surface area contributed by atoms with E-state index in [0.717, 1.165) is 0 Å². The van der Waals surface area contributed by atoms with Crippen LogP contribution in [-0.2, 0) is 9.47 Å². The Morgan fingerprint density at radius 2 is 1.62 bits per heavy atom. The minimum absolute atomic E-state index is 0.343. The number of nitriles is 1. The van der Waals surface area contributed by atoms with Crippen molar-refractivity contribution in [2.75, 3.05) is 13.2 Å². The third kappa shape index (κ3) is 2.66. The van der Waals surface area contributed by atoms with Crippen molar-refractivity contribution in [2.45, 2.75) is 39.1 Å². The Morgan fingerprint density at radius 3 is 1.85 bits per heavy atom. The van der Waals surface area contributed by atoms with Crippen LogP contribution in [0.2, 0.25) is 0 Å². The maximum absolute atomic E-state index is 11.7. The van der Waals surface area contributed by atoms with Crippen LogP contribution in [0.3, 0.4) is 0 Å². The van der Waals surface area contributed by atoms with Crippen molar-refractivity contribution < 1.29 is 14.6 Å². The lowest BCUT2D eigenvalue weighted by atomic mass is 9.98. The second-order valence-electron chi connectivity index (χ2n) is 2.96. The van der Waals surface area contributed by atoms with E-state index >= 15 is 0 Å². The predicted molar refractivity (Wildman–Crippen MR) is 45.7 cm³/mol. The summed E-state index contributed by atoms with van der Waals surface area (Å²) in [5, 5.41) is 20.3. The molecule has 13 heavy (non-hydrogen) atoms. The summed E-state index contributed by atoms with van der Waals surface area (Å²) in [7, 11) is 0. The fraction of sp³-hybridized carbons (Fsp3) is 0.889. The maximum Gasteiger partial charge on any atom is 0.168 e. The largest absolute Gasteiger partial charge is 0.835 e. The van der Waals surface area contributed by atoms with E-state index in [1.54, 1.807) is 19.9 Å². The van der Waals surface area contributed by atoms with Gasteiger partial charge in [-0.1, -0.05) is 6.92 Å². The highest BCUT2D eigenvalue weighted by molar-refractivity contribution is 5.04. The summed E-state index contributed by atoms with van der Waals surface area (Å²) in [6.45, 7) is 6.95. The highest BCUT2D eigenvalue weighted by Gasteiger charge is 2.37. The second kappa shape index (κ2) is 4.56. The Labute approximate surface area is 79.1 Å². The van der Waals surface area contributed by atoms with Crippen molar-refractivity contribution >= 4 is 0 Å². The lowest BCUT2D eigenvalue weighted by Crippen LogP contribution is -2.61. The van der Waals surface area contributed by atoms with Gasteiger partial charge in [-0.25, -0.2) is 0 Å². The van der Waals surface area contributed by atoms with Gasteiger partial charge in [0.2, 0.25) is 0 Å². The van der Waals surface area contributed by atoms with Gasteiger partial charge in [0, 0.05) is 18.8 Å². The molecule has 4 nitrogen and oxygen atoms in total. The predicted octanol–water partition coefficient (Wildman–Crippen LogP) is 0.418. The number of rotatable bonds is 5. The Bertz CT molecular complexity index is 190. The van der Waals surface area contributed by atoms with Gasteiger partial charge in [-0.15, -0.1) is 0 Å². The quantitative estimate of drug-likeness (QED) is 0.583. The summed E-state index contributed by atoms with van der Waals surface area (Å²) >= 11 is 0. The first kappa shape index (κ1) is 12.4. The first-order valence-corrected chi connectivity index (χ1v) is 4.33. The Kier molecular flexibility index (Phi) is 4.34. The average molecular weight is 186 g/mol. The topological polar surface area (TPSA) is 65.3 Å². The first-order valence-electron chi connectivity index (χ1n) is 4.33. The minimum Gasteiger partial charge on any atom is -0.835 e. The zero-order valence-corrected chi connectivity index (χ0v) is 8.59. The van der Waals surface area contributed by atoms with Gasteiger partial charge in [0.1, 0.15) is 0 Å². The smallest absolute Gasteiger partial charge is 0.168 e. The number of ether oxygens (including phenoxy) is 2. The molecule has 0 spiro atoms. The number of hydrogen-bond acceptors (Lipinski definition) is 4. The summed E-state index contributed by atoms with van der Waals surface area (Å²) in [6.07, 6.45) is 0. The molecule has 0 radical (unpaired) electrons. The molecule has 76 valence electrons. The summed E-state index contributed by atoms with van der Waals surface area (Å²) in [5.41, 5.74) is -1.89. The molecule has 0 amide bonds. The van der Waals surface area contributed by atoms with Crippen LogP contribution in [0.15, 0.2) is 0 Å². The standard InChI is InChI=1S/C9H16NO3/c1-5-12-9(4,13-6-2)8(3,11)7-10/h5-6H2,1-4H3/q-1/t8-/m1/s1. The second-order valence-corrected chi connectivity index (χ2v) is 2.96. The lowest BCUT2D eigenvalue weighted by molar-refractivity contribution is -0.517. The van der Waals surface area contributed by atoms with Crippen LogP contribution in [0.1, 0.15) is 27.7 Å². The van der Waals surface area contributed by atoms with Crippen molar-refractivity contribution in [3.05, 3.63) is 0 Å². The van der Waals surface area contributed by atoms with Crippen LogP contribution in [0, 0.1) is 11.3 Å². The van der Waals surface area contributed by atoms with Crippen LogP contribution in [0.4, 0.5) is 0 Å². The number of nitrogens with zero attached hydrogens (tertiary/aromatic N) is 1. The molecular formula is C9H16NO3-. The van der Waals surface area contributed by atoms with Crippen molar-refractivity contribution in [1.29, 1.82) is 5.26 Å². The number of hydrogen-bond donors (Lipinski definition) is 0. The Balaban J connectivity index is 4.68. The zero-order chi connectivity index (χ0) is 10.5. The van der Waals surface area contributed by atoms with E-state index in [9.17, 15) is 5.11 Å². The van der Waals surface area contributed by atoms with Gasteiger partial charge in [-0.3, -0.25) is 0 Å². The van der Waals surface area contributed by atoms with Gasteiger partial charge < -0.3 is 14.6 Å². The monoisotopic (exact) mass is 186 g/mol. The summed E-state index contributed by atoms with van der Waals surface area (Å²) < 4.78 is 10.3. The third-order valence-electron chi connectivity index (χ3n) is 1.92. The minimum atomic E-state index is -1.89. The van der Waals surface area contributed by atoms with Crippen LogP contribution >= 0.6 is 0 Å². The molecule has 0 N–H and O–H groups in total. The van der Waals surface area contributed by atoms with Crippen molar-refractivity contribution in [2.24, 2.45) is 0 Å². The first-order chi connectivity index (χ1) is 5.93. The van der Waals surface area contributed by atoms with Crippen molar-refractivity contribution in [3.8, 4) is 6.07 Å². The van der Waals surface area contributed by atoms with Gasteiger partial charge in [0.15, 0.2) is 5.79 Å². The fourth-order valence-electron chi connectivity index (χ4n) is 0.970. The molecule has 0 aliphatic carbocycles. The molecule has 0 aromatic heterocycles. The normalized spacial score (nSPS) is 16.3. The van der Waals surface area contributed by atoms with Gasteiger partial charge >= 0.3 is 0 Å².